The molecule has 2 atom stereocenters. The Morgan fingerprint density at radius 2 is 1.94 bits per heavy atom. The second-order valence-corrected chi connectivity index (χ2v) is 9.00. The van der Waals surface area contributed by atoms with Gasteiger partial charge in [-0.05, 0) is 50.8 Å². The number of hydrogen-bond acceptors (Lipinski definition) is 8. The van der Waals surface area contributed by atoms with Gasteiger partial charge in [-0.1, -0.05) is 17.3 Å². The first kappa shape index (κ1) is 20.5. The molecule has 0 radical (unpaired) electrons. The summed E-state index contributed by atoms with van der Waals surface area (Å²) >= 11 is 0. The fraction of sp³-hybridized carbons (Fsp3) is 0.409. The molecule has 1 aliphatic carbocycles. The average Bonchev–Trinajstić information content (AvgIpc) is 3.47. The highest BCUT2D eigenvalue weighted by atomic mass is 16.3. The van der Waals surface area contributed by atoms with Crippen LogP contribution in [0.5, 0.6) is 0 Å². The maximum absolute atomic E-state index is 9.99. The number of hydrogen-bond donors (Lipinski definition) is 3. The third kappa shape index (κ3) is 4.32. The van der Waals surface area contributed by atoms with Crippen LogP contribution in [0.1, 0.15) is 33.1 Å². The second kappa shape index (κ2) is 7.95. The van der Waals surface area contributed by atoms with E-state index in [0.29, 0.717) is 30.1 Å². The molecule has 5 rings (SSSR count). The predicted octanol–water partition coefficient (Wildman–Crippen LogP) is 2.17. The van der Waals surface area contributed by atoms with Gasteiger partial charge in [0, 0.05) is 17.8 Å². The van der Waals surface area contributed by atoms with Crippen LogP contribution in [0.25, 0.3) is 28.0 Å². The van der Waals surface area contributed by atoms with Crippen LogP contribution in [-0.4, -0.2) is 62.7 Å². The smallest absolute Gasteiger partial charge is 0.225 e. The van der Waals surface area contributed by atoms with Gasteiger partial charge in [-0.2, -0.15) is 14.8 Å². The lowest BCUT2D eigenvalue weighted by Gasteiger charge is -2.16. The van der Waals surface area contributed by atoms with Gasteiger partial charge in [0.1, 0.15) is 0 Å². The van der Waals surface area contributed by atoms with Gasteiger partial charge in [0.15, 0.2) is 11.2 Å². The largest absolute Gasteiger partial charge is 0.393 e. The summed E-state index contributed by atoms with van der Waals surface area (Å²) in [6.45, 7) is 3.94. The van der Waals surface area contributed by atoms with Gasteiger partial charge in [0.05, 0.1) is 36.3 Å². The van der Waals surface area contributed by atoms with E-state index >= 15 is 0 Å². The quantitative estimate of drug-likeness (QED) is 0.421. The van der Waals surface area contributed by atoms with Crippen molar-refractivity contribution in [3.63, 3.8) is 0 Å². The summed E-state index contributed by atoms with van der Waals surface area (Å²) in [5, 5.41) is 35.8. The van der Waals surface area contributed by atoms with E-state index in [-0.39, 0.29) is 12.1 Å². The monoisotopic (exact) mass is 434 g/mol. The van der Waals surface area contributed by atoms with Crippen LogP contribution in [0.15, 0.2) is 42.9 Å². The zero-order chi connectivity index (χ0) is 22.3. The number of aromatic nitrogens is 7. The molecule has 3 N–H and O–H groups in total. The molecule has 10 heteroatoms. The maximum atomic E-state index is 9.99. The summed E-state index contributed by atoms with van der Waals surface area (Å²) < 4.78 is 3.43. The predicted molar refractivity (Wildman–Crippen MR) is 119 cm³/mol. The molecule has 0 bridgehead atoms. The minimum absolute atomic E-state index is 0.170. The Morgan fingerprint density at radius 3 is 2.66 bits per heavy atom. The van der Waals surface area contributed by atoms with Gasteiger partial charge in [0.2, 0.25) is 5.95 Å². The molecule has 0 spiro atoms. The number of aliphatic hydroxyl groups excluding tert-OH is 1. The van der Waals surface area contributed by atoms with Crippen molar-refractivity contribution in [1.29, 1.82) is 0 Å². The van der Waals surface area contributed by atoms with Gasteiger partial charge in [-0.15, -0.1) is 5.10 Å². The normalized spacial score (nSPS) is 19.0. The molecular formula is C22H26N8O2. The molecule has 1 aromatic carbocycles. The highest BCUT2D eigenvalue weighted by molar-refractivity contribution is 5.72. The molecule has 0 saturated heterocycles. The third-order valence-electron chi connectivity index (χ3n) is 5.56. The highest BCUT2D eigenvalue weighted by Crippen LogP contribution is 2.24. The van der Waals surface area contributed by atoms with Crippen LogP contribution in [-0.2, 0) is 6.54 Å². The van der Waals surface area contributed by atoms with Crippen molar-refractivity contribution in [2.24, 2.45) is 0 Å². The molecule has 4 aromatic rings. The minimum atomic E-state index is -0.825. The van der Waals surface area contributed by atoms with E-state index in [0.717, 1.165) is 29.7 Å². The molecule has 1 saturated carbocycles. The minimum Gasteiger partial charge on any atom is -0.393 e. The van der Waals surface area contributed by atoms with Crippen molar-refractivity contribution < 1.29 is 10.2 Å². The van der Waals surface area contributed by atoms with Gasteiger partial charge >= 0.3 is 0 Å². The van der Waals surface area contributed by atoms with Gasteiger partial charge in [-0.25, -0.2) is 4.98 Å². The lowest BCUT2D eigenvalue weighted by molar-refractivity contribution is 0.0577. The lowest BCUT2D eigenvalue weighted by atomic mass is 10.1. The van der Waals surface area contributed by atoms with Crippen LogP contribution in [0.4, 0.5) is 5.95 Å². The second-order valence-electron chi connectivity index (χ2n) is 9.00. The number of nitrogens with zero attached hydrogens (tertiary/aromatic N) is 7. The fourth-order valence-corrected chi connectivity index (χ4v) is 4.03. The summed E-state index contributed by atoms with van der Waals surface area (Å²) in [4.78, 5) is 8.95. The zero-order valence-electron chi connectivity index (χ0n) is 18.0. The third-order valence-corrected chi connectivity index (χ3v) is 5.56. The lowest BCUT2D eigenvalue weighted by Crippen LogP contribution is -2.26. The summed E-state index contributed by atoms with van der Waals surface area (Å²) in [6.07, 6.45) is 7.50. The molecule has 1 aliphatic rings. The summed E-state index contributed by atoms with van der Waals surface area (Å²) in [5.74, 6) is 0.510. The van der Waals surface area contributed by atoms with Crippen molar-refractivity contribution in [3.8, 4) is 16.8 Å². The van der Waals surface area contributed by atoms with E-state index < -0.39 is 5.60 Å². The standard InChI is InChI=1S/C22H26N8O2/c1-22(2,32)13-29-12-15(10-24-29)14-3-6-17(7-4-14)30-20-19(27-28-30)11-23-21(26-20)25-16-5-8-18(31)9-16/h3-4,6-7,10-12,16,18,31-32H,5,8-9,13H2,1-2H3,(H,23,25,26). The van der Waals surface area contributed by atoms with E-state index in [1.54, 1.807) is 35.6 Å². The molecule has 1 fully saturated rings. The molecule has 0 aliphatic heterocycles. The van der Waals surface area contributed by atoms with E-state index in [1.807, 2.05) is 30.5 Å². The van der Waals surface area contributed by atoms with Crippen LogP contribution in [0.3, 0.4) is 0 Å². The molecule has 166 valence electrons. The SMILES string of the molecule is CC(C)(O)Cn1cc(-c2ccc(-n3nnc4cnc(NC5CCC(O)C5)nc43)cc2)cn1. The fourth-order valence-electron chi connectivity index (χ4n) is 4.03. The Morgan fingerprint density at radius 1 is 1.12 bits per heavy atom. The van der Waals surface area contributed by atoms with Crippen LogP contribution >= 0.6 is 0 Å². The van der Waals surface area contributed by atoms with Gasteiger partial charge < -0.3 is 15.5 Å². The molecule has 32 heavy (non-hydrogen) atoms. The Balaban J connectivity index is 1.37. The van der Waals surface area contributed by atoms with Gasteiger partial charge in [0.25, 0.3) is 0 Å². The number of fused-ring (bicyclic) bond motifs is 1. The Kier molecular flexibility index (Phi) is 5.10. The molecule has 3 heterocycles. The van der Waals surface area contributed by atoms with Crippen molar-refractivity contribution in [2.45, 2.75) is 57.4 Å². The number of aliphatic hydroxyl groups is 2. The number of anilines is 1. The number of nitrogens with one attached hydrogen (secondary N) is 1. The Labute approximate surface area is 184 Å². The van der Waals surface area contributed by atoms with Crippen LogP contribution < -0.4 is 5.32 Å². The average molecular weight is 435 g/mol. The van der Waals surface area contributed by atoms with E-state index in [1.165, 1.54) is 0 Å². The van der Waals surface area contributed by atoms with Crippen molar-refractivity contribution >= 4 is 17.1 Å². The summed E-state index contributed by atoms with van der Waals surface area (Å²) in [7, 11) is 0. The first-order valence-corrected chi connectivity index (χ1v) is 10.7. The molecular weight excluding hydrogens is 408 g/mol. The molecule has 0 amide bonds. The van der Waals surface area contributed by atoms with E-state index in [2.05, 4.69) is 30.7 Å². The highest BCUT2D eigenvalue weighted by Gasteiger charge is 2.23. The summed E-state index contributed by atoms with van der Waals surface area (Å²) in [6, 6.07) is 8.07. The van der Waals surface area contributed by atoms with Gasteiger partial charge in [-0.3, -0.25) is 4.68 Å². The Bertz CT molecular complexity index is 1220. The topological polar surface area (TPSA) is 127 Å². The maximum Gasteiger partial charge on any atom is 0.225 e. The molecule has 10 nitrogen and oxygen atoms in total. The van der Waals surface area contributed by atoms with Crippen LogP contribution in [0.2, 0.25) is 0 Å². The molecule has 2 unspecified atom stereocenters. The van der Waals surface area contributed by atoms with Crippen molar-refractivity contribution in [2.75, 3.05) is 5.32 Å². The first-order valence-electron chi connectivity index (χ1n) is 10.7. The number of benzene rings is 1. The van der Waals surface area contributed by atoms with E-state index in [4.69, 9.17) is 0 Å². The Hall–Kier alpha value is -3.37. The van der Waals surface area contributed by atoms with Crippen molar-refractivity contribution in [3.05, 3.63) is 42.9 Å². The van der Waals surface area contributed by atoms with E-state index in [9.17, 15) is 10.2 Å². The molecule has 3 aromatic heterocycles. The van der Waals surface area contributed by atoms with Crippen molar-refractivity contribution in [1.82, 2.24) is 34.7 Å². The number of rotatable bonds is 6. The first-order chi connectivity index (χ1) is 15.3. The zero-order valence-corrected chi connectivity index (χ0v) is 18.0. The summed E-state index contributed by atoms with van der Waals surface area (Å²) in [5.41, 5.74) is 3.22. The van der Waals surface area contributed by atoms with Crippen LogP contribution in [0, 0.1) is 0 Å².